The SMILES string of the molecule is CCc1ccccc1N(O)O. The first-order valence-corrected chi connectivity index (χ1v) is 3.51. The molecule has 1 aromatic rings. The third-order valence-electron chi connectivity index (χ3n) is 1.59. The lowest BCUT2D eigenvalue weighted by Crippen LogP contribution is -2.12. The molecule has 0 aliphatic carbocycles. The van der Waals surface area contributed by atoms with E-state index in [0.717, 1.165) is 12.0 Å². The average molecular weight is 153 g/mol. The van der Waals surface area contributed by atoms with E-state index in [2.05, 4.69) is 0 Å². The number of rotatable bonds is 2. The molecule has 0 saturated heterocycles. The minimum atomic E-state index is 0.152. The molecule has 0 aliphatic heterocycles. The first-order valence-electron chi connectivity index (χ1n) is 3.51. The van der Waals surface area contributed by atoms with E-state index in [-0.39, 0.29) is 5.23 Å². The average Bonchev–Trinajstić information content (AvgIpc) is 2.04. The summed E-state index contributed by atoms with van der Waals surface area (Å²) in [5.74, 6) is 0. The molecule has 0 saturated carbocycles. The van der Waals surface area contributed by atoms with Gasteiger partial charge in [0.25, 0.3) is 0 Å². The number of aryl methyl sites for hydroxylation is 1. The molecule has 0 atom stereocenters. The van der Waals surface area contributed by atoms with Crippen molar-refractivity contribution >= 4 is 5.69 Å². The van der Waals surface area contributed by atoms with E-state index >= 15 is 0 Å². The van der Waals surface area contributed by atoms with E-state index in [1.165, 1.54) is 0 Å². The van der Waals surface area contributed by atoms with Crippen molar-refractivity contribution in [1.29, 1.82) is 0 Å². The Bertz CT molecular complexity index is 235. The van der Waals surface area contributed by atoms with Crippen molar-refractivity contribution in [3.05, 3.63) is 29.8 Å². The van der Waals surface area contributed by atoms with Crippen molar-refractivity contribution < 1.29 is 10.4 Å². The van der Waals surface area contributed by atoms with Gasteiger partial charge in [0, 0.05) is 0 Å². The molecular formula is C8H11NO2. The number of para-hydroxylation sites is 1. The first kappa shape index (κ1) is 8.04. The molecule has 0 aromatic heterocycles. The van der Waals surface area contributed by atoms with Crippen LogP contribution in [0.2, 0.25) is 0 Å². The maximum Gasteiger partial charge on any atom is 0.0974 e. The van der Waals surface area contributed by atoms with Crippen molar-refractivity contribution in [3.63, 3.8) is 0 Å². The van der Waals surface area contributed by atoms with Gasteiger partial charge in [-0.25, -0.2) is 0 Å². The zero-order valence-corrected chi connectivity index (χ0v) is 6.36. The predicted octanol–water partition coefficient (Wildman–Crippen LogP) is 1.83. The van der Waals surface area contributed by atoms with Crippen LogP contribution in [0.15, 0.2) is 24.3 Å². The highest BCUT2D eigenvalue weighted by atomic mass is 16.8. The summed E-state index contributed by atoms with van der Waals surface area (Å²) in [6, 6.07) is 7.13. The van der Waals surface area contributed by atoms with E-state index in [4.69, 9.17) is 10.4 Å². The molecule has 0 unspecified atom stereocenters. The lowest BCUT2D eigenvalue weighted by Gasteiger charge is -2.11. The zero-order chi connectivity index (χ0) is 8.27. The maximum absolute atomic E-state index is 8.72. The Hall–Kier alpha value is -1.06. The summed E-state index contributed by atoms with van der Waals surface area (Å²) >= 11 is 0. The maximum atomic E-state index is 8.72. The summed E-state index contributed by atoms with van der Waals surface area (Å²) in [5.41, 5.74) is 1.35. The Kier molecular flexibility index (Phi) is 2.46. The van der Waals surface area contributed by atoms with Crippen LogP contribution in [0.3, 0.4) is 0 Å². The Morgan fingerprint density at radius 2 is 1.91 bits per heavy atom. The van der Waals surface area contributed by atoms with Gasteiger partial charge in [-0.3, -0.25) is 10.4 Å². The highest BCUT2D eigenvalue weighted by molar-refractivity contribution is 5.49. The monoisotopic (exact) mass is 153 g/mol. The van der Waals surface area contributed by atoms with E-state index in [0.29, 0.717) is 5.69 Å². The molecule has 3 heteroatoms. The molecule has 1 rings (SSSR count). The standard InChI is InChI=1S/C8H11NO2/c1-2-7-5-3-4-6-8(7)9(10)11/h3-6,10-11H,2H2,1H3. The van der Waals surface area contributed by atoms with E-state index in [9.17, 15) is 0 Å². The van der Waals surface area contributed by atoms with Gasteiger partial charge in [0.2, 0.25) is 0 Å². The van der Waals surface area contributed by atoms with Gasteiger partial charge in [-0.2, -0.15) is 0 Å². The second-order valence-electron chi connectivity index (χ2n) is 2.27. The van der Waals surface area contributed by atoms with E-state index in [1.807, 2.05) is 19.1 Å². The van der Waals surface area contributed by atoms with Crippen molar-refractivity contribution in [2.75, 3.05) is 5.23 Å². The Morgan fingerprint density at radius 1 is 1.27 bits per heavy atom. The molecule has 0 spiro atoms. The second kappa shape index (κ2) is 3.37. The van der Waals surface area contributed by atoms with Gasteiger partial charge in [-0.1, -0.05) is 25.1 Å². The van der Waals surface area contributed by atoms with Crippen LogP contribution in [-0.2, 0) is 6.42 Å². The van der Waals surface area contributed by atoms with Crippen LogP contribution in [0, 0.1) is 0 Å². The summed E-state index contributed by atoms with van der Waals surface area (Å²) in [6.07, 6.45) is 0.786. The van der Waals surface area contributed by atoms with Crippen LogP contribution in [0.5, 0.6) is 0 Å². The van der Waals surface area contributed by atoms with Gasteiger partial charge in [0.05, 0.1) is 5.69 Å². The molecule has 11 heavy (non-hydrogen) atoms. The molecule has 3 nitrogen and oxygen atoms in total. The summed E-state index contributed by atoms with van der Waals surface area (Å²) in [6.45, 7) is 1.96. The second-order valence-corrected chi connectivity index (χ2v) is 2.27. The fraction of sp³-hybridized carbons (Fsp3) is 0.250. The topological polar surface area (TPSA) is 43.7 Å². The van der Waals surface area contributed by atoms with Crippen LogP contribution in [0.1, 0.15) is 12.5 Å². The summed E-state index contributed by atoms with van der Waals surface area (Å²) < 4.78 is 0. The number of hydrogen-bond donors (Lipinski definition) is 2. The quantitative estimate of drug-likeness (QED) is 0.637. The molecular weight excluding hydrogens is 142 g/mol. The Morgan fingerprint density at radius 3 is 2.36 bits per heavy atom. The van der Waals surface area contributed by atoms with E-state index in [1.54, 1.807) is 12.1 Å². The fourth-order valence-corrected chi connectivity index (χ4v) is 1.00. The fourth-order valence-electron chi connectivity index (χ4n) is 1.00. The molecule has 0 radical (unpaired) electrons. The Labute approximate surface area is 65.4 Å². The number of nitrogens with zero attached hydrogens (tertiary/aromatic N) is 1. The lowest BCUT2D eigenvalue weighted by molar-refractivity contribution is 0.0287. The molecule has 0 aliphatic rings. The minimum Gasteiger partial charge on any atom is -0.264 e. The lowest BCUT2D eigenvalue weighted by atomic mass is 10.1. The van der Waals surface area contributed by atoms with Crippen molar-refractivity contribution in [1.82, 2.24) is 0 Å². The van der Waals surface area contributed by atoms with Crippen LogP contribution >= 0.6 is 0 Å². The first-order chi connectivity index (χ1) is 5.25. The number of hydrogen-bond acceptors (Lipinski definition) is 3. The third-order valence-corrected chi connectivity index (χ3v) is 1.59. The summed E-state index contributed by atoms with van der Waals surface area (Å²) in [4.78, 5) is 0. The molecule has 0 amide bonds. The number of benzene rings is 1. The van der Waals surface area contributed by atoms with Gasteiger partial charge in [-0.15, -0.1) is 5.23 Å². The molecule has 0 bridgehead atoms. The van der Waals surface area contributed by atoms with Gasteiger partial charge < -0.3 is 0 Å². The van der Waals surface area contributed by atoms with Crippen LogP contribution in [0.4, 0.5) is 5.69 Å². The van der Waals surface area contributed by atoms with Crippen molar-refractivity contribution in [2.24, 2.45) is 0 Å². The molecule has 1 aromatic carbocycles. The molecule has 0 fully saturated rings. The summed E-state index contributed by atoms with van der Waals surface area (Å²) in [5, 5.41) is 17.6. The molecule has 0 heterocycles. The Balaban J connectivity index is 3.02. The van der Waals surface area contributed by atoms with Crippen LogP contribution in [-0.4, -0.2) is 10.4 Å². The molecule has 60 valence electrons. The van der Waals surface area contributed by atoms with Gasteiger partial charge in [-0.05, 0) is 18.1 Å². The third kappa shape index (κ3) is 1.69. The van der Waals surface area contributed by atoms with Crippen molar-refractivity contribution in [3.8, 4) is 0 Å². The minimum absolute atomic E-state index is 0.152. The zero-order valence-electron chi connectivity index (χ0n) is 6.36. The highest BCUT2D eigenvalue weighted by Crippen LogP contribution is 2.17. The van der Waals surface area contributed by atoms with Crippen LogP contribution < -0.4 is 5.23 Å². The van der Waals surface area contributed by atoms with Gasteiger partial charge in [0.1, 0.15) is 0 Å². The van der Waals surface area contributed by atoms with Crippen molar-refractivity contribution in [2.45, 2.75) is 13.3 Å². The van der Waals surface area contributed by atoms with E-state index < -0.39 is 0 Å². The van der Waals surface area contributed by atoms with Gasteiger partial charge >= 0.3 is 0 Å². The predicted molar refractivity (Wildman–Crippen MR) is 41.9 cm³/mol. The summed E-state index contributed by atoms with van der Waals surface area (Å²) in [7, 11) is 0. The number of anilines is 1. The highest BCUT2D eigenvalue weighted by Gasteiger charge is 2.02. The van der Waals surface area contributed by atoms with Gasteiger partial charge in [0.15, 0.2) is 0 Å². The largest absolute Gasteiger partial charge is 0.264 e. The smallest absolute Gasteiger partial charge is 0.0974 e. The van der Waals surface area contributed by atoms with Crippen LogP contribution in [0.25, 0.3) is 0 Å². The molecule has 2 N–H and O–H groups in total. The normalized spacial score (nSPS) is 9.73.